The molecular formula is C24H30N6O3S. The van der Waals surface area contributed by atoms with Gasteiger partial charge in [0.25, 0.3) is 5.56 Å². The Balaban J connectivity index is 1.54. The summed E-state index contributed by atoms with van der Waals surface area (Å²) in [6.45, 7) is 1.58. The Morgan fingerprint density at radius 2 is 1.97 bits per heavy atom. The predicted octanol–water partition coefficient (Wildman–Crippen LogP) is 3.96. The Hall–Kier alpha value is -2.98. The van der Waals surface area contributed by atoms with E-state index >= 15 is 0 Å². The smallest absolute Gasteiger partial charge is 0.277 e. The van der Waals surface area contributed by atoms with E-state index in [-0.39, 0.29) is 17.4 Å². The average Bonchev–Trinajstić information content (AvgIpc) is 3.65. The fourth-order valence-corrected chi connectivity index (χ4v) is 4.75. The number of rotatable bonds is 7. The van der Waals surface area contributed by atoms with Crippen LogP contribution in [0.25, 0.3) is 11.0 Å². The van der Waals surface area contributed by atoms with Gasteiger partial charge in [-0.2, -0.15) is 0 Å². The molecule has 10 heteroatoms. The number of carbonyl (C=O) groups is 1. The van der Waals surface area contributed by atoms with Crippen LogP contribution >= 0.6 is 11.9 Å². The number of hydrogen-bond acceptors (Lipinski definition) is 7. The van der Waals surface area contributed by atoms with Gasteiger partial charge in [-0.05, 0) is 49.3 Å². The third kappa shape index (κ3) is 4.52. The second-order valence-electron chi connectivity index (χ2n) is 8.99. The van der Waals surface area contributed by atoms with Crippen molar-refractivity contribution in [3.05, 3.63) is 40.2 Å². The van der Waals surface area contributed by atoms with E-state index in [9.17, 15) is 9.59 Å². The molecule has 3 heterocycles. The van der Waals surface area contributed by atoms with Crippen molar-refractivity contribution in [2.24, 2.45) is 13.0 Å². The van der Waals surface area contributed by atoms with Crippen LogP contribution in [0.4, 0.5) is 22.9 Å². The molecule has 0 atom stereocenters. The van der Waals surface area contributed by atoms with E-state index in [0.717, 1.165) is 50.3 Å². The SMILES string of the molecule is CSN(C)c1cc(C2CCOCC2)ccc1Nc1cc(NC(=O)C2CC2)nc2[nH]n(C)c(=O)c12. The van der Waals surface area contributed by atoms with Gasteiger partial charge in [0.05, 0.1) is 17.1 Å². The first-order valence-corrected chi connectivity index (χ1v) is 12.8. The minimum atomic E-state index is -0.177. The number of aromatic nitrogens is 3. The molecule has 1 aliphatic heterocycles. The minimum Gasteiger partial charge on any atom is -0.381 e. The average molecular weight is 483 g/mol. The second kappa shape index (κ2) is 9.34. The lowest BCUT2D eigenvalue weighted by atomic mass is 9.91. The molecule has 5 rings (SSSR count). The number of nitrogens with one attached hydrogen (secondary N) is 3. The number of H-pyrrole nitrogens is 1. The molecular weight excluding hydrogens is 452 g/mol. The number of benzene rings is 1. The molecule has 3 N–H and O–H groups in total. The van der Waals surface area contributed by atoms with Crippen LogP contribution in [-0.2, 0) is 16.6 Å². The lowest BCUT2D eigenvalue weighted by Gasteiger charge is -2.26. The molecule has 180 valence electrons. The number of nitrogens with zero attached hydrogens (tertiary/aromatic N) is 3. The molecule has 9 nitrogen and oxygen atoms in total. The predicted molar refractivity (Wildman–Crippen MR) is 137 cm³/mol. The highest BCUT2D eigenvalue weighted by molar-refractivity contribution is 7.99. The molecule has 1 aliphatic carbocycles. The number of hydrogen-bond donors (Lipinski definition) is 3. The van der Waals surface area contributed by atoms with E-state index in [4.69, 9.17) is 4.74 Å². The lowest BCUT2D eigenvalue weighted by Crippen LogP contribution is -2.16. The molecule has 2 aliphatic rings. The molecule has 1 saturated heterocycles. The molecule has 2 aromatic heterocycles. The van der Waals surface area contributed by atoms with Crippen LogP contribution in [0.5, 0.6) is 0 Å². The fourth-order valence-electron chi connectivity index (χ4n) is 4.40. The van der Waals surface area contributed by atoms with Crippen molar-refractivity contribution in [1.82, 2.24) is 14.8 Å². The number of aromatic amines is 1. The Morgan fingerprint density at radius 3 is 2.68 bits per heavy atom. The number of fused-ring (bicyclic) bond motifs is 1. The van der Waals surface area contributed by atoms with Gasteiger partial charge in [-0.25, -0.2) is 4.98 Å². The van der Waals surface area contributed by atoms with Gasteiger partial charge in [-0.15, -0.1) is 0 Å². The molecule has 0 unspecified atom stereocenters. The number of amides is 1. The van der Waals surface area contributed by atoms with Crippen LogP contribution in [0.2, 0.25) is 0 Å². The first kappa shape index (κ1) is 22.8. The van der Waals surface area contributed by atoms with E-state index < -0.39 is 0 Å². The third-order valence-electron chi connectivity index (χ3n) is 6.61. The second-order valence-corrected chi connectivity index (χ2v) is 9.90. The summed E-state index contributed by atoms with van der Waals surface area (Å²) in [5, 5.41) is 9.82. The van der Waals surface area contributed by atoms with Crippen molar-refractivity contribution in [3.8, 4) is 0 Å². The quantitative estimate of drug-likeness (QED) is 0.438. The van der Waals surface area contributed by atoms with E-state index in [1.165, 1.54) is 10.2 Å². The zero-order valence-electron chi connectivity index (χ0n) is 19.7. The maximum atomic E-state index is 12.9. The van der Waals surface area contributed by atoms with E-state index in [1.54, 1.807) is 25.1 Å². The minimum absolute atomic E-state index is 0.0281. The van der Waals surface area contributed by atoms with Crippen molar-refractivity contribution in [2.45, 2.75) is 31.6 Å². The first-order valence-electron chi connectivity index (χ1n) is 11.6. The van der Waals surface area contributed by atoms with E-state index in [0.29, 0.717) is 28.5 Å². The maximum Gasteiger partial charge on any atom is 0.277 e. The number of aryl methyl sites for hydroxylation is 1. The van der Waals surface area contributed by atoms with Gasteiger partial charge in [-0.1, -0.05) is 18.0 Å². The summed E-state index contributed by atoms with van der Waals surface area (Å²) in [5.74, 6) is 0.931. The largest absolute Gasteiger partial charge is 0.381 e. The maximum absolute atomic E-state index is 12.9. The zero-order valence-corrected chi connectivity index (χ0v) is 20.5. The van der Waals surface area contributed by atoms with Gasteiger partial charge < -0.3 is 19.7 Å². The Kier molecular flexibility index (Phi) is 6.26. The lowest BCUT2D eigenvalue weighted by molar-refractivity contribution is -0.117. The van der Waals surface area contributed by atoms with Gasteiger partial charge in [0, 0.05) is 45.5 Å². The normalized spacial score (nSPS) is 16.6. The van der Waals surface area contributed by atoms with Crippen molar-refractivity contribution in [2.75, 3.05) is 41.5 Å². The molecule has 1 aromatic carbocycles. The molecule has 34 heavy (non-hydrogen) atoms. The summed E-state index contributed by atoms with van der Waals surface area (Å²) in [7, 11) is 3.68. The monoisotopic (exact) mass is 482 g/mol. The molecule has 0 bridgehead atoms. The van der Waals surface area contributed by atoms with Gasteiger partial charge in [-0.3, -0.25) is 19.4 Å². The van der Waals surface area contributed by atoms with Crippen molar-refractivity contribution in [1.29, 1.82) is 0 Å². The highest BCUT2D eigenvalue weighted by Crippen LogP contribution is 2.38. The molecule has 3 aromatic rings. The van der Waals surface area contributed by atoms with E-state index in [1.807, 2.05) is 13.3 Å². The summed E-state index contributed by atoms with van der Waals surface area (Å²) < 4.78 is 9.04. The van der Waals surface area contributed by atoms with E-state index in [2.05, 4.69) is 43.2 Å². The van der Waals surface area contributed by atoms with Crippen LogP contribution in [0.15, 0.2) is 29.1 Å². The topological polar surface area (TPSA) is 104 Å². The summed E-state index contributed by atoms with van der Waals surface area (Å²) >= 11 is 1.62. The molecule has 0 radical (unpaired) electrons. The van der Waals surface area contributed by atoms with Crippen molar-refractivity contribution in [3.63, 3.8) is 0 Å². The fraction of sp³-hybridized carbons (Fsp3) is 0.458. The number of anilines is 4. The summed E-state index contributed by atoms with van der Waals surface area (Å²) in [6, 6.07) is 8.18. The van der Waals surface area contributed by atoms with Gasteiger partial charge >= 0.3 is 0 Å². The van der Waals surface area contributed by atoms with Crippen molar-refractivity contribution < 1.29 is 9.53 Å². The number of carbonyl (C=O) groups excluding carboxylic acids is 1. The Bertz CT molecular complexity index is 1280. The molecule has 1 saturated carbocycles. The first-order chi connectivity index (χ1) is 16.4. The van der Waals surface area contributed by atoms with Crippen molar-refractivity contribution >= 4 is 51.8 Å². The standard InChI is InChI=1S/C24H30N6O3S/c1-29-24(32)21-18(13-20(26-22(21)28-29)27-23(31)15-4-5-15)25-17-7-6-16(12-19(17)30(2)34-3)14-8-10-33-11-9-14/h6-7,12-15H,4-5,8-11H2,1-3H3,(H3,25,26,27,28,31). The number of ether oxygens (including phenoxy) is 1. The summed E-state index contributed by atoms with van der Waals surface area (Å²) in [5.41, 5.74) is 4.05. The number of pyridine rings is 1. The van der Waals surface area contributed by atoms with Gasteiger partial charge in [0.1, 0.15) is 11.2 Å². The Morgan fingerprint density at radius 1 is 1.21 bits per heavy atom. The highest BCUT2D eigenvalue weighted by atomic mass is 32.2. The summed E-state index contributed by atoms with van der Waals surface area (Å²) in [6.07, 6.45) is 5.88. The van der Waals surface area contributed by atoms with Crippen LogP contribution < -0.4 is 20.5 Å². The third-order valence-corrected chi connectivity index (χ3v) is 7.35. The highest BCUT2D eigenvalue weighted by Gasteiger charge is 2.30. The molecule has 2 fully saturated rings. The molecule has 0 spiro atoms. The zero-order chi connectivity index (χ0) is 23.8. The Labute approximate surface area is 202 Å². The van der Waals surface area contributed by atoms with Gasteiger partial charge in [0.15, 0.2) is 5.65 Å². The van der Waals surface area contributed by atoms with Crippen LogP contribution in [0.3, 0.4) is 0 Å². The van der Waals surface area contributed by atoms with Crippen LogP contribution in [0, 0.1) is 5.92 Å². The van der Waals surface area contributed by atoms with Gasteiger partial charge in [0.2, 0.25) is 5.91 Å². The molecule has 1 amide bonds. The summed E-state index contributed by atoms with van der Waals surface area (Å²) in [4.78, 5) is 29.7. The van der Waals surface area contributed by atoms with Crippen LogP contribution in [0.1, 0.15) is 37.2 Å². The van der Waals surface area contributed by atoms with Crippen LogP contribution in [-0.4, -0.2) is 47.2 Å².